The Hall–Kier alpha value is -2.60. The SMILES string of the molecule is CCCN(C)c1ccc(/C=N\NC(=S)Nc2cccc(OC)c2)cc1. The van der Waals surface area contributed by atoms with Gasteiger partial charge in [0.05, 0.1) is 13.3 Å². The second-order valence-corrected chi connectivity index (χ2v) is 5.98. The minimum absolute atomic E-state index is 0.420. The number of hydrogen-bond donors (Lipinski definition) is 2. The summed E-state index contributed by atoms with van der Waals surface area (Å²) in [5, 5.41) is 7.65. The average molecular weight is 356 g/mol. The van der Waals surface area contributed by atoms with Crippen LogP contribution in [-0.2, 0) is 0 Å². The van der Waals surface area contributed by atoms with E-state index >= 15 is 0 Å². The van der Waals surface area contributed by atoms with Gasteiger partial charge in [-0.25, -0.2) is 0 Å². The van der Waals surface area contributed by atoms with Crippen molar-refractivity contribution in [2.75, 3.05) is 30.9 Å². The first-order valence-electron chi connectivity index (χ1n) is 8.17. The summed E-state index contributed by atoms with van der Waals surface area (Å²) in [5.41, 5.74) is 5.86. The fraction of sp³-hybridized carbons (Fsp3) is 0.263. The molecule has 0 heterocycles. The fourth-order valence-corrected chi connectivity index (χ4v) is 2.48. The molecule has 0 saturated heterocycles. The Kier molecular flexibility index (Phi) is 7.22. The summed E-state index contributed by atoms with van der Waals surface area (Å²) >= 11 is 5.23. The highest BCUT2D eigenvalue weighted by Gasteiger charge is 2.00. The molecule has 2 aromatic carbocycles. The van der Waals surface area contributed by atoms with E-state index in [-0.39, 0.29) is 0 Å². The predicted molar refractivity (Wildman–Crippen MR) is 110 cm³/mol. The minimum Gasteiger partial charge on any atom is -0.497 e. The molecular formula is C19H24N4OS. The molecule has 25 heavy (non-hydrogen) atoms. The number of ether oxygens (including phenoxy) is 1. The highest BCUT2D eigenvalue weighted by molar-refractivity contribution is 7.80. The normalized spacial score (nSPS) is 10.5. The Labute approximate surface area is 154 Å². The molecule has 0 aliphatic heterocycles. The van der Waals surface area contributed by atoms with Gasteiger partial charge in [-0.05, 0) is 48.5 Å². The van der Waals surface area contributed by atoms with E-state index in [9.17, 15) is 0 Å². The van der Waals surface area contributed by atoms with Gasteiger partial charge in [0.2, 0.25) is 0 Å². The van der Waals surface area contributed by atoms with Crippen LogP contribution in [0.4, 0.5) is 11.4 Å². The second kappa shape index (κ2) is 9.64. The summed E-state index contributed by atoms with van der Waals surface area (Å²) in [6.45, 7) is 3.21. The second-order valence-electron chi connectivity index (χ2n) is 5.57. The smallest absolute Gasteiger partial charge is 0.191 e. The molecular weight excluding hydrogens is 332 g/mol. The van der Waals surface area contributed by atoms with Crippen molar-refractivity contribution in [3.8, 4) is 5.75 Å². The topological polar surface area (TPSA) is 48.9 Å². The van der Waals surface area contributed by atoms with E-state index < -0.39 is 0 Å². The number of methoxy groups -OCH3 is 1. The highest BCUT2D eigenvalue weighted by Crippen LogP contribution is 2.16. The molecule has 0 radical (unpaired) electrons. The molecule has 0 spiro atoms. The number of anilines is 2. The molecule has 0 aliphatic rings. The van der Waals surface area contributed by atoms with Crippen molar-refractivity contribution in [3.63, 3.8) is 0 Å². The van der Waals surface area contributed by atoms with Gasteiger partial charge in [0, 0.05) is 31.0 Å². The van der Waals surface area contributed by atoms with Crippen LogP contribution in [-0.4, -0.2) is 32.0 Å². The molecule has 2 aromatic rings. The van der Waals surface area contributed by atoms with E-state index in [1.807, 2.05) is 36.4 Å². The van der Waals surface area contributed by atoms with Crippen LogP contribution in [0.15, 0.2) is 53.6 Å². The summed E-state index contributed by atoms with van der Waals surface area (Å²) in [4.78, 5) is 2.23. The van der Waals surface area contributed by atoms with E-state index in [1.165, 1.54) is 5.69 Å². The Morgan fingerprint density at radius 2 is 2.00 bits per heavy atom. The Morgan fingerprint density at radius 3 is 2.68 bits per heavy atom. The summed E-state index contributed by atoms with van der Waals surface area (Å²) in [7, 11) is 3.72. The lowest BCUT2D eigenvalue weighted by atomic mass is 10.2. The predicted octanol–water partition coefficient (Wildman–Crippen LogP) is 3.86. The maximum Gasteiger partial charge on any atom is 0.191 e. The number of thiocarbonyl (C=S) groups is 1. The largest absolute Gasteiger partial charge is 0.497 e. The summed E-state index contributed by atoms with van der Waals surface area (Å²) < 4.78 is 5.18. The highest BCUT2D eigenvalue weighted by atomic mass is 32.1. The molecule has 0 aliphatic carbocycles. The maximum absolute atomic E-state index is 5.23. The first-order valence-corrected chi connectivity index (χ1v) is 8.58. The molecule has 2 N–H and O–H groups in total. The van der Waals surface area contributed by atoms with Crippen LogP contribution in [0.25, 0.3) is 0 Å². The molecule has 2 rings (SSSR count). The fourth-order valence-electron chi connectivity index (χ4n) is 2.30. The minimum atomic E-state index is 0.420. The van der Waals surface area contributed by atoms with E-state index in [0.717, 1.165) is 30.0 Å². The first-order chi connectivity index (χ1) is 12.1. The van der Waals surface area contributed by atoms with Crippen LogP contribution in [0, 0.1) is 0 Å². The number of nitrogens with zero attached hydrogens (tertiary/aromatic N) is 2. The van der Waals surface area contributed by atoms with Crippen molar-refractivity contribution < 1.29 is 4.74 Å². The van der Waals surface area contributed by atoms with Gasteiger partial charge in [0.25, 0.3) is 0 Å². The van der Waals surface area contributed by atoms with Gasteiger partial charge in [0.1, 0.15) is 5.75 Å². The third-order valence-electron chi connectivity index (χ3n) is 3.60. The van der Waals surface area contributed by atoms with Crippen molar-refractivity contribution in [2.24, 2.45) is 5.10 Å². The zero-order chi connectivity index (χ0) is 18.1. The number of hydrogen-bond acceptors (Lipinski definition) is 4. The summed E-state index contributed by atoms with van der Waals surface area (Å²) in [6.07, 6.45) is 2.87. The molecule has 0 saturated carbocycles. The standard InChI is InChI=1S/C19H24N4OS/c1-4-12-23(2)17-10-8-15(9-11-17)14-20-22-19(25)21-16-6-5-7-18(13-16)24-3/h5-11,13-14H,4,12H2,1-3H3,(H2,21,22,25)/b20-14-. The quantitative estimate of drug-likeness (QED) is 0.448. The monoisotopic (exact) mass is 356 g/mol. The van der Waals surface area contributed by atoms with E-state index in [4.69, 9.17) is 17.0 Å². The lowest BCUT2D eigenvalue weighted by Crippen LogP contribution is -2.23. The zero-order valence-electron chi connectivity index (χ0n) is 14.8. The van der Waals surface area contributed by atoms with Crippen LogP contribution in [0.2, 0.25) is 0 Å². The molecule has 0 unspecified atom stereocenters. The van der Waals surface area contributed by atoms with Gasteiger partial charge < -0.3 is 15.0 Å². The molecule has 5 nitrogen and oxygen atoms in total. The lowest BCUT2D eigenvalue weighted by molar-refractivity contribution is 0.415. The Morgan fingerprint density at radius 1 is 1.24 bits per heavy atom. The van der Waals surface area contributed by atoms with Gasteiger partial charge in [-0.15, -0.1) is 0 Å². The van der Waals surface area contributed by atoms with Gasteiger partial charge in [-0.2, -0.15) is 5.10 Å². The molecule has 0 bridgehead atoms. The molecule has 0 amide bonds. The third kappa shape index (κ3) is 6.08. The number of nitrogens with one attached hydrogen (secondary N) is 2. The molecule has 132 valence electrons. The lowest BCUT2D eigenvalue weighted by Gasteiger charge is -2.18. The van der Waals surface area contributed by atoms with Gasteiger partial charge >= 0.3 is 0 Å². The average Bonchev–Trinajstić information content (AvgIpc) is 2.62. The van der Waals surface area contributed by atoms with E-state index in [0.29, 0.717) is 5.11 Å². The van der Waals surface area contributed by atoms with E-state index in [2.05, 4.69) is 46.8 Å². The maximum atomic E-state index is 5.23. The van der Waals surface area contributed by atoms with Gasteiger partial charge in [-0.1, -0.05) is 25.1 Å². The third-order valence-corrected chi connectivity index (χ3v) is 3.79. The van der Waals surface area contributed by atoms with Crippen LogP contribution in [0.1, 0.15) is 18.9 Å². The first kappa shape index (κ1) is 18.7. The summed E-state index contributed by atoms with van der Waals surface area (Å²) in [6, 6.07) is 15.8. The van der Waals surface area contributed by atoms with Crippen molar-refractivity contribution in [3.05, 3.63) is 54.1 Å². The zero-order valence-corrected chi connectivity index (χ0v) is 15.6. The Bertz CT molecular complexity index is 716. The number of rotatable bonds is 7. The van der Waals surface area contributed by atoms with Crippen LogP contribution in [0.3, 0.4) is 0 Å². The van der Waals surface area contributed by atoms with Crippen molar-refractivity contribution in [2.45, 2.75) is 13.3 Å². The molecule has 0 fully saturated rings. The van der Waals surface area contributed by atoms with Crippen LogP contribution in [0.5, 0.6) is 5.75 Å². The number of benzene rings is 2. The van der Waals surface area contributed by atoms with Crippen molar-refractivity contribution >= 4 is 34.9 Å². The molecule has 0 atom stereocenters. The number of hydrazone groups is 1. The van der Waals surface area contributed by atoms with E-state index in [1.54, 1.807) is 13.3 Å². The van der Waals surface area contributed by atoms with Crippen molar-refractivity contribution in [1.29, 1.82) is 0 Å². The molecule has 0 aromatic heterocycles. The van der Waals surface area contributed by atoms with Gasteiger partial charge in [0.15, 0.2) is 5.11 Å². The van der Waals surface area contributed by atoms with Gasteiger partial charge in [-0.3, -0.25) is 5.43 Å². The summed E-state index contributed by atoms with van der Waals surface area (Å²) in [5.74, 6) is 0.768. The Balaban J connectivity index is 1.86. The van der Waals surface area contributed by atoms with Crippen molar-refractivity contribution in [1.82, 2.24) is 5.43 Å². The van der Waals surface area contributed by atoms with Crippen LogP contribution < -0.4 is 20.4 Å². The van der Waals surface area contributed by atoms with Crippen LogP contribution >= 0.6 is 12.2 Å². The molecule has 6 heteroatoms.